The number of oxime groups is 1. The first-order valence-electron chi connectivity index (χ1n) is 4.72. The third-order valence-electron chi connectivity index (χ3n) is 2.05. The molecule has 1 aromatic rings. The average Bonchev–Trinajstić information content (AvgIpc) is 2.26. The first-order chi connectivity index (χ1) is 7.56. The number of hydrogen-bond acceptors (Lipinski definition) is 4. The van der Waals surface area contributed by atoms with E-state index in [1.165, 1.54) is 6.07 Å². The fourth-order valence-corrected chi connectivity index (χ4v) is 1.21. The number of hydrazine groups is 1. The molecule has 0 unspecified atom stereocenters. The first-order valence-corrected chi connectivity index (χ1v) is 4.72. The number of nitrogens with two attached hydrogens (primary N) is 1. The lowest BCUT2D eigenvalue weighted by Crippen LogP contribution is -2.30. The van der Waals surface area contributed by atoms with E-state index in [2.05, 4.69) is 10.6 Å². The minimum absolute atomic E-state index is 0.0977. The van der Waals surface area contributed by atoms with Gasteiger partial charge in [-0.2, -0.15) is 0 Å². The number of benzene rings is 1. The van der Waals surface area contributed by atoms with E-state index in [1.54, 1.807) is 17.1 Å². The Kier molecular flexibility index (Phi) is 4.21. The maximum Gasteiger partial charge on any atom is 0.173 e. The van der Waals surface area contributed by atoms with Crippen LogP contribution in [0.1, 0.15) is 11.1 Å². The van der Waals surface area contributed by atoms with E-state index in [0.717, 1.165) is 0 Å². The lowest BCUT2D eigenvalue weighted by atomic mass is 10.1. The molecule has 0 saturated carbocycles. The highest BCUT2D eigenvalue weighted by atomic mass is 19.1. The Hall–Kier alpha value is -1.66. The van der Waals surface area contributed by atoms with Gasteiger partial charge >= 0.3 is 0 Å². The summed E-state index contributed by atoms with van der Waals surface area (Å²) in [7, 11) is 3.62. The highest BCUT2D eigenvalue weighted by Gasteiger charge is 2.11. The molecule has 0 atom stereocenters. The second-order valence-corrected chi connectivity index (χ2v) is 3.49. The molecule has 5 nitrogen and oxygen atoms in total. The molecule has 0 aromatic heterocycles. The second kappa shape index (κ2) is 5.43. The predicted molar refractivity (Wildman–Crippen MR) is 59.4 cm³/mol. The average molecular weight is 226 g/mol. The Bertz CT molecular complexity index is 392. The molecule has 0 aliphatic carbocycles. The fourth-order valence-electron chi connectivity index (χ4n) is 1.21. The van der Waals surface area contributed by atoms with Crippen LogP contribution in [0.2, 0.25) is 0 Å². The van der Waals surface area contributed by atoms with Crippen molar-refractivity contribution in [3.8, 4) is 0 Å². The molecular formula is C10H15FN4O. The summed E-state index contributed by atoms with van der Waals surface area (Å²) >= 11 is 0. The van der Waals surface area contributed by atoms with Crippen molar-refractivity contribution in [2.45, 2.75) is 6.54 Å². The SMILES string of the molecule is CN(C)NCc1cccc(/C(N)=N/O)c1F. The number of hydrogen-bond donors (Lipinski definition) is 3. The van der Waals surface area contributed by atoms with Gasteiger partial charge in [-0.1, -0.05) is 17.3 Å². The molecule has 0 fully saturated rings. The van der Waals surface area contributed by atoms with E-state index in [9.17, 15) is 4.39 Å². The van der Waals surface area contributed by atoms with Crippen LogP contribution in [-0.4, -0.2) is 30.1 Å². The smallest absolute Gasteiger partial charge is 0.173 e. The zero-order chi connectivity index (χ0) is 12.1. The summed E-state index contributed by atoms with van der Waals surface area (Å²) in [5.41, 5.74) is 8.84. The van der Waals surface area contributed by atoms with Gasteiger partial charge in [0.05, 0.1) is 5.56 Å². The van der Waals surface area contributed by atoms with E-state index in [0.29, 0.717) is 12.1 Å². The van der Waals surface area contributed by atoms with Crippen molar-refractivity contribution >= 4 is 5.84 Å². The maximum atomic E-state index is 13.8. The van der Waals surface area contributed by atoms with Crippen LogP contribution >= 0.6 is 0 Å². The number of nitrogens with zero attached hydrogens (tertiary/aromatic N) is 2. The fraction of sp³-hybridized carbons (Fsp3) is 0.300. The molecule has 16 heavy (non-hydrogen) atoms. The zero-order valence-electron chi connectivity index (χ0n) is 9.24. The topological polar surface area (TPSA) is 73.9 Å². The molecule has 0 radical (unpaired) electrons. The lowest BCUT2D eigenvalue weighted by molar-refractivity contribution is 0.283. The number of amidine groups is 1. The molecule has 0 bridgehead atoms. The number of rotatable bonds is 4. The van der Waals surface area contributed by atoms with Crippen molar-refractivity contribution in [1.82, 2.24) is 10.4 Å². The van der Waals surface area contributed by atoms with Crippen LogP contribution in [0.15, 0.2) is 23.4 Å². The van der Waals surface area contributed by atoms with Gasteiger partial charge in [0.25, 0.3) is 0 Å². The third-order valence-corrected chi connectivity index (χ3v) is 2.05. The van der Waals surface area contributed by atoms with Crippen molar-refractivity contribution in [3.63, 3.8) is 0 Å². The van der Waals surface area contributed by atoms with E-state index >= 15 is 0 Å². The molecule has 1 rings (SSSR count). The van der Waals surface area contributed by atoms with Gasteiger partial charge in [0.1, 0.15) is 5.82 Å². The molecule has 0 amide bonds. The van der Waals surface area contributed by atoms with Gasteiger partial charge < -0.3 is 10.9 Å². The standard InChI is InChI=1S/C10H15FN4O/c1-15(2)13-6-7-4-3-5-8(9(7)11)10(12)14-16/h3-5,13,16H,6H2,1-2H3,(H2,12,14). The Balaban J connectivity index is 2.95. The number of halogens is 1. The maximum absolute atomic E-state index is 13.8. The monoisotopic (exact) mass is 226 g/mol. The summed E-state index contributed by atoms with van der Waals surface area (Å²) in [6, 6.07) is 4.76. The van der Waals surface area contributed by atoms with Crippen LogP contribution in [0.3, 0.4) is 0 Å². The Morgan fingerprint density at radius 2 is 2.25 bits per heavy atom. The molecule has 6 heteroatoms. The first kappa shape index (κ1) is 12.4. The summed E-state index contributed by atoms with van der Waals surface area (Å²) < 4.78 is 13.8. The molecule has 0 heterocycles. The summed E-state index contributed by atoms with van der Waals surface area (Å²) in [5.74, 6) is -0.712. The van der Waals surface area contributed by atoms with Crippen molar-refractivity contribution < 1.29 is 9.60 Å². The van der Waals surface area contributed by atoms with E-state index in [-0.39, 0.29) is 11.4 Å². The molecule has 1 aromatic carbocycles. The Morgan fingerprint density at radius 3 is 2.81 bits per heavy atom. The second-order valence-electron chi connectivity index (χ2n) is 3.49. The zero-order valence-corrected chi connectivity index (χ0v) is 9.24. The summed E-state index contributed by atoms with van der Waals surface area (Å²) in [6.45, 7) is 0.339. The van der Waals surface area contributed by atoms with E-state index < -0.39 is 5.82 Å². The van der Waals surface area contributed by atoms with E-state index in [4.69, 9.17) is 10.9 Å². The van der Waals surface area contributed by atoms with Crippen LogP contribution in [0.4, 0.5) is 4.39 Å². The quantitative estimate of drug-likeness (QED) is 0.302. The minimum Gasteiger partial charge on any atom is -0.409 e. The highest BCUT2D eigenvalue weighted by Crippen LogP contribution is 2.12. The van der Waals surface area contributed by atoms with Gasteiger partial charge in [-0.3, -0.25) is 10.4 Å². The van der Waals surface area contributed by atoms with Crippen LogP contribution in [0.5, 0.6) is 0 Å². The largest absolute Gasteiger partial charge is 0.409 e. The molecule has 0 aliphatic heterocycles. The van der Waals surface area contributed by atoms with Crippen molar-refractivity contribution in [2.75, 3.05) is 14.1 Å². The van der Waals surface area contributed by atoms with Gasteiger partial charge in [-0.05, 0) is 6.07 Å². The van der Waals surface area contributed by atoms with Crippen molar-refractivity contribution in [3.05, 3.63) is 35.1 Å². The molecule has 88 valence electrons. The van der Waals surface area contributed by atoms with Crippen LogP contribution in [0, 0.1) is 5.82 Å². The van der Waals surface area contributed by atoms with Gasteiger partial charge in [0.15, 0.2) is 5.84 Å². The van der Waals surface area contributed by atoms with Crippen LogP contribution in [-0.2, 0) is 6.54 Å². The van der Waals surface area contributed by atoms with Gasteiger partial charge in [0, 0.05) is 26.2 Å². The van der Waals surface area contributed by atoms with Crippen molar-refractivity contribution in [1.29, 1.82) is 0 Å². The van der Waals surface area contributed by atoms with E-state index in [1.807, 2.05) is 14.1 Å². The highest BCUT2D eigenvalue weighted by molar-refractivity contribution is 5.97. The molecule has 0 saturated heterocycles. The predicted octanol–water partition coefficient (Wildman–Crippen LogP) is 0.486. The summed E-state index contributed by atoms with van der Waals surface area (Å²) in [5, 5.41) is 13.0. The van der Waals surface area contributed by atoms with Gasteiger partial charge in [-0.25, -0.2) is 4.39 Å². The molecular weight excluding hydrogens is 211 g/mol. The van der Waals surface area contributed by atoms with Crippen molar-refractivity contribution in [2.24, 2.45) is 10.9 Å². The Labute approximate surface area is 93.3 Å². The Morgan fingerprint density at radius 1 is 1.56 bits per heavy atom. The lowest BCUT2D eigenvalue weighted by Gasteiger charge is -2.13. The van der Waals surface area contributed by atoms with Gasteiger partial charge in [0.2, 0.25) is 0 Å². The summed E-state index contributed by atoms with van der Waals surface area (Å²) in [4.78, 5) is 0. The third kappa shape index (κ3) is 2.91. The van der Waals surface area contributed by atoms with Crippen LogP contribution < -0.4 is 11.2 Å². The minimum atomic E-state index is -0.479. The molecule has 0 spiro atoms. The molecule has 4 N–H and O–H groups in total. The summed E-state index contributed by atoms with van der Waals surface area (Å²) in [6.07, 6.45) is 0. The number of nitrogens with one attached hydrogen (secondary N) is 1. The normalized spacial score (nSPS) is 12.1. The van der Waals surface area contributed by atoms with Crippen LogP contribution in [0.25, 0.3) is 0 Å². The van der Waals surface area contributed by atoms with Gasteiger partial charge in [-0.15, -0.1) is 0 Å². The molecule has 0 aliphatic rings.